The standard InChI is InChI=1S/C24H19N3O2/c1-16-8-2-4-10-18(16)22-14-20(19-11-5-6-12-21(19)26-22)24(29)27-25-15-17-9-3-7-13-23(17)28/h2-15,28H,1H3,(H,27,29)/b25-15+. The second kappa shape index (κ2) is 7.94. The molecule has 0 saturated heterocycles. The first kappa shape index (κ1) is 18.4. The summed E-state index contributed by atoms with van der Waals surface area (Å²) in [5.41, 5.74) is 7.09. The largest absolute Gasteiger partial charge is 0.507 e. The lowest BCUT2D eigenvalue weighted by Crippen LogP contribution is -2.18. The monoisotopic (exact) mass is 381 g/mol. The number of hydrazone groups is 1. The Labute approximate surface area is 168 Å². The van der Waals surface area contributed by atoms with Crippen molar-refractivity contribution in [3.05, 3.63) is 95.6 Å². The predicted octanol–water partition coefficient (Wildman–Crippen LogP) is 4.68. The van der Waals surface area contributed by atoms with E-state index in [2.05, 4.69) is 10.5 Å². The maximum absolute atomic E-state index is 12.9. The second-order valence-electron chi connectivity index (χ2n) is 6.65. The minimum Gasteiger partial charge on any atom is -0.507 e. The molecule has 0 spiro atoms. The number of fused-ring (bicyclic) bond motifs is 1. The van der Waals surface area contributed by atoms with Crippen molar-refractivity contribution in [3.8, 4) is 17.0 Å². The molecule has 0 bridgehead atoms. The molecule has 4 aromatic rings. The Morgan fingerprint density at radius 2 is 1.72 bits per heavy atom. The van der Waals surface area contributed by atoms with Crippen molar-refractivity contribution in [1.82, 2.24) is 10.4 Å². The molecule has 1 aromatic heterocycles. The molecule has 0 aliphatic heterocycles. The molecule has 0 aliphatic carbocycles. The quantitative estimate of drug-likeness (QED) is 0.398. The minimum absolute atomic E-state index is 0.0988. The zero-order valence-corrected chi connectivity index (χ0v) is 15.8. The molecule has 3 aromatic carbocycles. The Morgan fingerprint density at radius 3 is 2.55 bits per heavy atom. The van der Waals surface area contributed by atoms with Crippen LogP contribution in [-0.2, 0) is 0 Å². The van der Waals surface area contributed by atoms with E-state index < -0.39 is 0 Å². The molecule has 0 aliphatic rings. The van der Waals surface area contributed by atoms with Gasteiger partial charge in [-0.05, 0) is 36.8 Å². The summed E-state index contributed by atoms with van der Waals surface area (Å²) >= 11 is 0. The van der Waals surface area contributed by atoms with Crippen LogP contribution < -0.4 is 5.43 Å². The summed E-state index contributed by atoms with van der Waals surface area (Å²) in [7, 11) is 0. The van der Waals surface area contributed by atoms with E-state index in [1.165, 1.54) is 6.21 Å². The Bertz CT molecular complexity index is 1230. The van der Waals surface area contributed by atoms with Crippen molar-refractivity contribution in [2.75, 3.05) is 0 Å². The van der Waals surface area contributed by atoms with Gasteiger partial charge in [-0.1, -0.05) is 54.6 Å². The first-order valence-corrected chi connectivity index (χ1v) is 9.20. The number of amides is 1. The molecule has 0 atom stereocenters. The van der Waals surface area contributed by atoms with E-state index >= 15 is 0 Å². The zero-order valence-electron chi connectivity index (χ0n) is 15.8. The first-order valence-electron chi connectivity index (χ1n) is 9.20. The normalized spacial score (nSPS) is 11.1. The lowest BCUT2D eigenvalue weighted by atomic mass is 10.0. The van der Waals surface area contributed by atoms with Crippen molar-refractivity contribution in [2.24, 2.45) is 5.10 Å². The van der Waals surface area contributed by atoms with E-state index in [9.17, 15) is 9.90 Å². The van der Waals surface area contributed by atoms with Gasteiger partial charge in [0.1, 0.15) is 5.75 Å². The lowest BCUT2D eigenvalue weighted by molar-refractivity contribution is 0.0956. The summed E-state index contributed by atoms with van der Waals surface area (Å²) in [6.45, 7) is 2.02. The van der Waals surface area contributed by atoms with Gasteiger partial charge in [-0.25, -0.2) is 10.4 Å². The number of rotatable bonds is 4. The SMILES string of the molecule is Cc1ccccc1-c1cc(C(=O)N/N=C/c2ccccc2O)c2ccccc2n1. The molecule has 1 amide bonds. The fraction of sp³-hybridized carbons (Fsp3) is 0.0417. The van der Waals surface area contributed by atoms with Crippen LogP contribution in [0.15, 0.2) is 84.0 Å². The number of carbonyl (C=O) groups is 1. The minimum atomic E-state index is -0.342. The van der Waals surface area contributed by atoms with Crippen LogP contribution in [0.4, 0.5) is 0 Å². The number of nitrogens with one attached hydrogen (secondary N) is 1. The van der Waals surface area contributed by atoms with Crippen molar-refractivity contribution in [3.63, 3.8) is 0 Å². The molecule has 0 fully saturated rings. The Kier molecular flexibility index (Phi) is 5.03. The van der Waals surface area contributed by atoms with Crippen LogP contribution in [0.2, 0.25) is 0 Å². The third kappa shape index (κ3) is 3.84. The number of carbonyl (C=O) groups excluding carboxylic acids is 1. The number of benzene rings is 3. The van der Waals surface area contributed by atoms with Crippen LogP contribution in [0, 0.1) is 6.92 Å². The molecule has 0 unspecified atom stereocenters. The van der Waals surface area contributed by atoms with Gasteiger partial charge in [-0.15, -0.1) is 0 Å². The van der Waals surface area contributed by atoms with Gasteiger partial charge >= 0.3 is 0 Å². The molecular weight excluding hydrogens is 362 g/mol. The fourth-order valence-electron chi connectivity index (χ4n) is 3.18. The van der Waals surface area contributed by atoms with Gasteiger partial charge in [0.05, 0.1) is 23.0 Å². The average Bonchev–Trinajstić information content (AvgIpc) is 2.74. The number of hydrogen-bond donors (Lipinski definition) is 2. The van der Waals surface area contributed by atoms with E-state index in [1.807, 2.05) is 55.5 Å². The number of pyridine rings is 1. The van der Waals surface area contributed by atoms with Gasteiger partial charge in [0.2, 0.25) is 0 Å². The number of hydrogen-bond acceptors (Lipinski definition) is 4. The molecule has 5 heteroatoms. The summed E-state index contributed by atoms with van der Waals surface area (Å²) in [5, 5.41) is 14.6. The van der Waals surface area contributed by atoms with Gasteiger partial charge in [0, 0.05) is 16.5 Å². The van der Waals surface area contributed by atoms with Crippen LogP contribution >= 0.6 is 0 Å². The Hall–Kier alpha value is -3.99. The Balaban J connectivity index is 1.71. The molecule has 0 saturated carbocycles. The van der Waals surface area contributed by atoms with Gasteiger partial charge in [0.25, 0.3) is 5.91 Å². The summed E-state index contributed by atoms with van der Waals surface area (Å²) in [6, 6.07) is 24.0. The van der Waals surface area contributed by atoms with Gasteiger partial charge in [-0.3, -0.25) is 4.79 Å². The highest BCUT2D eigenvalue weighted by Gasteiger charge is 2.14. The number of nitrogens with zero attached hydrogens (tertiary/aromatic N) is 2. The smallest absolute Gasteiger partial charge is 0.272 e. The van der Waals surface area contributed by atoms with Crippen molar-refractivity contribution < 1.29 is 9.90 Å². The van der Waals surface area contributed by atoms with Crippen LogP contribution in [0.25, 0.3) is 22.2 Å². The van der Waals surface area contributed by atoms with Crippen molar-refractivity contribution in [1.29, 1.82) is 0 Å². The van der Waals surface area contributed by atoms with Crippen molar-refractivity contribution in [2.45, 2.75) is 6.92 Å². The molecule has 142 valence electrons. The highest BCUT2D eigenvalue weighted by atomic mass is 16.3. The van der Waals surface area contributed by atoms with E-state index in [4.69, 9.17) is 4.98 Å². The van der Waals surface area contributed by atoms with Crippen molar-refractivity contribution >= 4 is 23.0 Å². The number of aromatic nitrogens is 1. The maximum Gasteiger partial charge on any atom is 0.272 e. The van der Waals surface area contributed by atoms with Gasteiger partial charge < -0.3 is 5.11 Å². The third-order valence-corrected chi connectivity index (χ3v) is 4.69. The topological polar surface area (TPSA) is 74.6 Å². The molecule has 5 nitrogen and oxygen atoms in total. The van der Waals surface area contributed by atoms with Gasteiger partial charge in [-0.2, -0.15) is 5.10 Å². The number of aryl methyl sites for hydroxylation is 1. The number of phenols is 1. The van der Waals surface area contributed by atoms with Crippen LogP contribution in [0.3, 0.4) is 0 Å². The maximum atomic E-state index is 12.9. The molecule has 0 radical (unpaired) electrons. The van der Waals surface area contributed by atoms with E-state index in [-0.39, 0.29) is 11.7 Å². The average molecular weight is 381 g/mol. The van der Waals surface area contributed by atoms with E-state index in [0.717, 1.165) is 27.7 Å². The molecule has 1 heterocycles. The summed E-state index contributed by atoms with van der Waals surface area (Å²) in [4.78, 5) is 17.6. The lowest BCUT2D eigenvalue weighted by Gasteiger charge is -2.10. The highest BCUT2D eigenvalue weighted by Crippen LogP contribution is 2.27. The third-order valence-electron chi connectivity index (χ3n) is 4.69. The highest BCUT2D eigenvalue weighted by molar-refractivity contribution is 6.07. The summed E-state index contributed by atoms with van der Waals surface area (Å²) in [5.74, 6) is -0.244. The molecule has 2 N–H and O–H groups in total. The number of phenolic OH excluding ortho intramolecular Hbond substituents is 1. The van der Waals surface area contributed by atoms with E-state index in [0.29, 0.717) is 11.1 Å². The fourth-order valence-corrected chi connectivity index (χ4v) is 3.18. The number of aromatic hydroxyl groups is 1. The summed E-state index contributed by atoms with van der Waals surface area (Å²) < 4.78 is 0. The second-order valence-corrected chi connectivity index (χ2v) is 6.65. The van der Waals surface area contributed by atoms with Crippen LogP contribution in [-0.4, -0.2) is 22.2 Å². The Morgan fingerprint density at radius 1 is 1.00 bits per heavy atom. The van der Waals surface area contributed by atoms with E-state index in [1.54, 1.807) is 30.3 Å². The van der Waals surface area contributed by atoms with Crippen LogP contribution in [0.1, 0.15) is 21.5 Å². The van der Waals surface area contributed by atoms with Crippen LogP contribution in [0.5, 0.6) is 5.75 Å². The molecule has 4 rings (SSSR count). The zero-order chi connectivity index (χ0) is 20.2. The molecule has 29 heavy (non-hydrogen) atoms. The number of para-hydroxylation sites is 2. The summed E-state index contributed by atoms with van der Waals surface area (Å²) in [6.07, 6.45) is 1.42. The first-order chi connectivity index (χ1) is 14.1. The predicted molar refractivity (Wildman–Crippen MR) is 115 cm³/mol. The van der Waals surface area contributed by atoms with Gasteiger partial charge in [0.15, 0.2) is 0 Å². The molecular formula is C24H19N3O2.